The molecule has 1 aliphatic rings. The van der Waals surface area contributed by atoms with Gasteiger partial charge in [0.1, 0.15) is 5.01 Å². The summed E-state index contributed by atoms with van der Waals surface area (Å²) in [4.78, 5) is 4.57. The van der Waals surface area contributed by atoms with Gasteiger partial charge in [-0.2, -0.15) is 0 Å². The van der Waals surface area contributed by atoms with Gasteiger partial charge in [0.05, 0.1) is 19.1 Å². The zero-order chi connectivity index (χ0) is 14.4. The normalized spacial score (nSPS) is 16.6. The maximum Gasteiger partial charge on any atom is 0.116 e. The number of thiazole rings is 1. The van der Waals surface area contributed by atoms with Crippen LogP contribution in [0.4, 0.5) is 0 Å². The Morgan fingerprint density at radius 1 is 1.35 bits per heavy atom. The van der Waals surface area contributed by atoms with Crippen molar-refractivity contribution in [2.24, 2.45) is 0 Å². The van der Waals surface area contributed by atoms with Crippen LogP contribution in [0.15, 0.2) is 52.7 Å². The highest BCUT2D eigenvalue weighted by Crippen LogP contribution is 2.22. The molecule has 0 bridgehead atoms. The molecule has 2 rings (SSSR count). The fourth-order valence-corrected chi connectivity index (χ4v) is 2.71. The quantitative estimate of drug-likeness (QED) is 0.727. The molecule has 104 valence electrons. The summed E-state index contributed by atoms with van der Waals surface area (Å²) >= 11 is 1.66. The summed E-state index contributed by atoms with van der Waals surface area (Å²) in [6.45, 7) is 4.16. The van der Waals surface area contributed by atoms with Crippen LogP contribution in [0.25, 0.3) is 12.2 Å². The molecule has 0 saturated heterocycles. The molecule has 1 heterocycles. The van der Waals surface area contributed by atoms with Gasteiger partial charge in [-0.15, -0.1) is 11.3 Å². The highest BCUT2D eigenvalue weighted by atomic mass is 32.1. The van der Waals surface area contributed by atoms with Crippen molar-refractivity contribution in [1.29, 1.82) is 0 Å². The number of nitrogens with zero attached hydrogens (tertiary/aromatic N) is 1. The van der Waals surface area contributed by atoms with Gasteiger partial charge in [-0.25, -0.2) is 4.98 Å². The van der Waals surface area contributed by atoms with Crippen molar-refractivity contribution in [3.05, 3.63) is 63.4 Å². The Labute approximate surface area is 124 Å². The molecule has 1 aliphatic carbocycles. The number of aromatic nitrogens is 1. The number of ether oxygens (including phenoxy) is 1. The van der Waals surface area contributed by atoms with Crippen LogP contribution in [0.2, 0.25) is 0 Å². The van der Waals surface area contributed by atoms with Crippen LogP contribution in [-0.4, -0.2) is 12.1 Å². The van der Waals surface area contributed by atoms with E-state index in [1.807, 2.05) is 6.08 Å². The molecule has 0 unspecified atom stereocenters. The summed E-state index contributed by atoms with van der Waals surface area (Å²) < 4.78 is 5.12. The number of methoxy groups -OCH3 is 1. The van der Waals surface area contributed by atoms with E-state index in [2.05, 4.69) is 54.6 Å². The first kappa shape index (κ1) is 14.5. The predicted molar refractivity (Wildman–Crippen MR) is 87.4 cm³/mol. The molecule has 0 spiro atoms. The first-order chi connectivity index (χ1) is 9.69. The minimum absolute atomic E-state index is 0.907. The molecule has 2 nitrogen and oxygen atoms in total. The molecular weight excluding hydrogens is 266 g/mol. The fourth-order valence-electron chi connectivity index (χ4n) is 1.88. The highest BCUT2D eigenvalue weighted by Gasteiger charge is 2.04. The van der Waals surface area contributed by atoms with Gasteiger partial charge in [0.2, 0.25) is 0 Å². The lowest BCUT2D eigenvalue weighted by atomic mass is 9.99. The number of hydrogen-bond donors (Lipinski definition) is 0. The summed E-state index contributed by atoms with van der Waals surface area (Å²) in [7, 11) is 1.68. The van der Waals surface area contributed by atoms with Gasteiger partial charge >= 0.3 is 0 Å². The Bertz CT molecular complexity index is 611. The summed E-state index contributed by atoms with van der Waals surface area (Å²) in [6.07, 6.45) is 15.2. The maximum absolute atomic E-state index is 5.12. The van der Waals surface area contributed by atoms with Crippen molar-refractivity contribution in [1.82, 2.24) is 4.98 Å². The molecule has 0 aliphatic heterocycles. The summed E-state index contributed by atoms with van der Waals surface area (Å²) in [5.74, 6) is 0. The molecule has 0 aromatic carbocycles. The van der Waals surface area contributed by atoms with Gasteiger partial charge in [-0.1, -0.05) is 29.9 Å². The third kappa shape index (κ3) is 4.07. The average molecular weight is 285 g/mol. The zero-order valence-corrected chi connectivity index (χ0v) is 12.9. The topological polar surface area (TPSA) is 22.1 Å². The van der Waals surface area contributed by atoms with Crippen molar-refractivity contribution in [2.45, 2.75) is 20.3 Å². The van der Waals surface area contributed by atoms with E-state index >= 15 is 0 Å². The Morgan fingerprint density at radius 3 is 2.95 bits per heavy atom. The van der Waals surface area contributed by atoms with E-state index in [9.17, 15) is 0 Å². The highest BCUT2D eigenvalue weighted by molar-refractivity contribution is 7.10. The molecule has 0 saturated carbocycles. The van der Waals surface area contributed by atoms with Crippen LogP contribution in [0.1, 0.15) is 31.0 Å². The van der Waals surface area contributed by atoms with Crippen LogP contribution in [0.5, 0.6) is 0 Å². The number of hydrogen-bond acceptors (Lipinski definition) is 3. The van der Waals surface area contributed by atoms with E-state index in [-0.39, 0.29) is 0 Å². The second kappa shape index (κ2) is 7.06. The third-order valence-electron chi connectivity index (χ3n) is 2.77. The third-order valence-corrected chi connectivity index (χ3v) is 3.58. The monoisotopic (exact) mass is 285 g/mol. The minimum atomic E-state index is 0.907. The van der Waals surface area contributed by atoms with Gasteiger partial charge in [0.25, 0.3) is 0 Å². The Morgan fingerprint density at radius 2 is 2.20 bits per heavy atom. The van der Waals surface area contributed by atoms with Crippen LogP contribution in [0, 0.1) is 0 Å². The summed E-state index contributed by atoms with van der Waals surface area (Å²) in [5, 5.41) is 3.12. The molecule has 0 atom stereocenters. The van der Waals surface area contributed by atoms with Crippen molar-refractivity contribution < 1.29 is 4.74 Å². The number of rotatable bonds is 4. The second-order valence-electron chi connectivity index (χ2n) is 4.80. The van der Waals surface area contributed by atoms with E-state index in [4.69, 9.17) is 4.74 Å². The second-order valence-corrected chi connectivity index (χ2v) is 5.69. The minimum Gasteiger partial charge on any atom is -0.504 e. The van der Waals surface area contributed by atoms with E-state index in [0.717, 1.165) is 17.1 Å². The van der Waals surface area contributed by atoms with Crippen molar-refractivity contribution >= 4 is 23.5 Å². The molecular formula is C17H19NOS. The van der Waals surface area contributed by atoms with Gasteiger partial charge in [-0.3, -0.25) is 0 Å². The Hall–Kier alpha value is -1.87. The Kier molecular flexibility index (Phi) is 5.13. The molecule has 20 heavy (non-hydrogen) atoms. The van der Waals surface area contributed by atoms with E-state index in [0.29, 0.717) is 0 Å². The van der Waals surface area contributed by atoms with E-state index in [1.165, 1.54) is 16.7 Å². The van der Waals surface area contributed by atoms with E-state index < -0.39 is 0 Å². The lowest BCUT2D eigenvalue weighted by molar-refractivity contribution is 0.334. The van der Waals surface area contributed by atoms with Crippen molar-refractivity contribution in [3.63, 3.8) is 0 Å². The Balaban J connectivity index is 2.14. The van der Waals surface area contributed by atoms with Gasteiger partial charge < -0.3 is 4.74 Å². The molecule has 1 aromatic heterocycles. The SMILES string of the molecule is CO/C=C1/CC=CC=C1C=Cc1csc(C=C(C)C)n1. The molecule has 0 N–H and O–H groups in total. The fraction of sp³-hybridized carbons (Fsp3) is 0.235. The molecule has 3 heteroatoms. The molecule has 1 aromatic rings. The molecule has 0 amide bonds. The maximum atomic E-state index is 5.12. The largest absolute Gasteiger partial charge is 0.504 e. The summed E-state index contributed by atoms with van der Waals surface area (Å²) in [5.41, 5.74) is 4.62. The first-order valence-electron chi connectivity index (χ1n) is 6.56. The van der Waals surface area contributed by atoms with E-state index in [1.54, 1.807) is 24.7 Å². The smallest absolute Gasteiger partial charge is 0.116 e. The van der Waals surface area contributed by atoms with Gasteiger partial charge in [0.15, 0.2) is 0 Å². The van der Waals surface area contributed by atoms with Crippen LogP contribution in [-0.2, 0) is 4.74 Å². The number of allylic oxidation sites excluding steroid dienone is 7. The average Bonchev–Trinajstić information content (AvgIpc) is 2.85. The van der Waals surface area contributed by atoms with Crippen molar-refractivity contribution in [2.75, 3.05) is 7.11 Å². The van der Waals surface area contributed by atoms with Crippen molar-refractivity contribution in [3.8, 4) is 0 Å². The predicted octanol–water partition coefficient (Wildman–Crippen LogP) is 5.00. The van der Waals surface area contributed by atoms with Crippen LogP contribution < -0.4 is 0 Å². The lowest BCUT2D eigenvalue weighted by Crippen LogP contribution is -1.91. The first-order valence-corrected chi connectivity index (χ1v) is 7.44. The standard InChI is InChI=1S/C17H19NOS/c1-13(2)10-17-18-16(12-20-17)9-8-14-6-4-5-7-15(14)11-19-3/h4-6,8-12H,7H2,1-3H3/b9-8?,15-11-. The molecule has 0 fully saturated rings. The zero-order valence-electron chi connectivity index (χ0n) is 12.1. The van der Waals surface area contributed by atoms with Gasteiger partial charge in [0, 0.05) is 5.38 Å². The lowest BCUT2D eigenvalue weighted by Gasteiger charge is -2.08. The molecule has 0 radical (unpaired) electrons. The summed E-state index contributed by atoms with van der Waals surface area (Å²) in [6, 6.07) is 0. The van der Waals surface area contributed by atoms with Crippen LogP contribution >= 0.6 is 11.3 Å². The van der Waals surface area contributed by atoms with Gasteiger partial charge in [-0.05, 0) is 43.6 Å². The van der Waals surface area contributed by atoms with Crippen LogP contribution in [0.3, 0.4) is 0 Å².